The number of hydrogen-bond acceptors (Lipinski definition) is 5. The van der Waals surface area contributed by atoms with Gasteiger partial charge in [-0.05, 0) is 51.3 Å². The third-order valence-electron chi connectivity index (χ3n) is 3.87. The van der Waals surface area contributed by atoms with Crippen LogP contribution in [0, 0.1) is 0 Å². The van der Waals surface area contributed by atoms with E-state index in [0.717, 1.165) is 42.1 Å². The maximum atomic E-state index is 6.01. The number of rotatable bonds is 7. The summed E-state index contributed by atoms with van der Waals surface area (Å²) in [6.07, 6.45) is 4.55. The van der Waals surface area contributed by atoms with Crippen LogP contribution in [0.2, 0.25) is 5.02 Å². The van der Waals surface area contributed by atoms with Gasteiger partial charge in [-0.3, -0.25) is 4.98 Å². The van der Waals surface area contributed by atoms with Crippen molar-refractivity contribution in [3.63, 3.8) is 0 Å². The topological polar surface area (TPSA) is 53.9 Å². The molecule has 0 spiro atoms. The van der Waals surface area contributed by atoms with Crippen molar-refractivity contribution in [2.75, 3.05) is 32.5 Å². The van der Waals surface area contributed by atoms with Crippen LogP contribution in [0.4, 0.5) is 5.82 Å². The Morgan fingerprint density at radius 1 is 1.04 bits per heavy atom. The number of nitrogens with one attached hydrogen (secondary N) is 1. The standard InChI is InChI=1S/C20H22ClN5/c1-26(2)12-4-11-23-19-13-18(15-6-8-17(21)9-7-15)24-20(25-19)16-5-3-10-22-14-16/h3,5-10,13-14H,4,11-12H2,1-2H3,(H,23,24,25). The molecule has 0 saturated carbocycles. The van der Waals surface area contributed by atoms with Crippen molar-refractivity contribution in [2.24, 2.45) is 0 Å². The molecule has 0 atom stereocenters. The van der Waals surface area contributed by atoms with Gasteiger partial charge in [-0.2, -0.15) is 0 Å². The van der Waals surface area contributed by atoms with Gasteiger partial charge in [0.2, 0.25) is 0 Å². The second kappa shape index (κ2) is 8.74. The van der Waals surface area contributed by atoms with Gasteiger partial charge in [0.25, 0.3) is 0 Å². The number of benzene rings is 1. The summed E-state index contributed by atoms with van der Waals surface area (Å²) in [6, 6.07) is 13.5. The summed E-state index contributed by atoms with van der Waals surface area (Å²) in [6.45, 7) is 1.87. The molecule has 1 N–H and O–H groups in total. The molecule has 0 aliphatic heterocycles. The van der Waals surface area contributed by atoms with Crippen LogP contribution in [0.1, 0.15) is 6.42 Å². The van der Waals surface area contributed by atoms with Crippen molar-refractivity contribution in [3.8, 4) is 22.6 Å². The molecule has 26 heavy (non-hydrogen) atoms. The largest absolute Gasteiger partial charge is 0.370 e. The highest BCUT2D eigenvalue weighted by Crippen LogP contribution is 2.25. The average molecular weight is 368 g/mol. The molecule has 5 nitrogen and oxygen atoms in total. The van der Waals surface area contributed by atoms with Crippen LogP contribution in [0.5, 0.6) is 0 Å². The molecule has 3 aromatic rings. The summed E-state index contributed by atoms with van der Waals surface area (Å²) in [5.74, 6) is 1.46. The number of halogens is 1. The van der Waals surface area contributed by atoms with E-state index < -0.39 is 0 Å². The molecular formula is C20H22ClN5. The molecule has 0 fully saturated rings. The quantitative estimate of drug-likeness (QED) is 0.633. The maximum Gasteiger partial charge on any atom is 0.163 e. The zero-order valence-electron chi connectivity index (χ0n) is 15.0. The number of aromatic nitrogens is 3. The molecule has 6 heteroatoms. The first-order chi connectivity index (χ1) is 12.6. The molecule has 0 radical (unpaired) electrons. The first-order valence-corrected chi connectivity index (χ1v) is 8.93. The van der Waals surface area contributed by atoms with Gasteiger partial charge in [0.1, 0.15) is 5.82 Å². The van der Waals surface area contributed by atoms with Crippen molar-refractivity contribution < 1.29 is 0 Å². The molecule has 0 aliphatic carbocycles. The van der Waals surface area contributed by atoms with Crippen LogP contribution in [0.25, 0.3) is 22.6 Å². The fourth-order valence-corrected chi connectivity index (χ4v) is 2.67. The molecule has 0 unspecified atom stereocenters. The normalized spacial score (nSPS) is 10.9. The fourth-order valence-electron chi connectivity index (χ4n) is 2.54. The van der Waals surface area contributed by atoms with E-state index in [9.17, 15) is 0 Å². The lowest BCUT2D eigenvalue weighted by atomic mass is 10.1. The van der Waals surface area contributed by atoms with E-state index in [0.29, 0.717) is 10.8 Å². The minimum atomic E-state index is 0.653. The van der Waals surface area contributed by atoms with Crippen LogP contribution in [-0.4, -0.2) is 47.0 Å². The van der Waals surface area contributed by atoms with Crippen LogP contribution >= 0.6 is 11.6 Å². The molecule has 0 bridgehead atoms. The lowest BCUT2D eigenvalue weighted by molar-refractivity contribution is 0.405. The minimum absolute atomic E-state index is 0.653. The Morgan fingerprint density at radius 2 is 1.85 bits per heavy atom. The second-order valence-electron chi connectivity index (χ2n) is 6.29. The van der Waals surface area contributed by atoms with Crippen molar-refractivity contribution in [1.82, 2.24) is 19.9 Å². The highest BCUT2D eigenvalue weighted by atomic mass is 35.5. The molecule has 0 amide bonds. The molecule has 3 rings (SSSR count). The number of pyridine rings is 1. The summed E-state index contributed by atoms with van der Waals surface area (Å²) in [5.41, 5.74) is 2.74. The summed E-state index contributed by atoms with van der Waals surface area (Å²) in [4.78, 5) is 15.7. The van der Waals surface area contributed by atoms with E-state index >= 15 is 0 Å². The molecule has 2 heterocycles. The Morgan fingerprint density at radius 3 is 2.54 bits per heavy atom. The van der Waals surface area contributed by atoms with Gasteiger partial charge in [0, 0.05) is 41.2 Å². The van der Waals surface area contributed by atoms with Crippen molar-refractivity contribution in [2.45, 2.75) is 6.42 Å². The summed E-state index contributed by atoms with van der Waals surface area (Å²) in [7, 11) is 4.15. The Kier molecular flexibility index (Phi) is 6.15. The van der Waals surface area contributed by atoms with Gasteiger partial charge < -0.3 is 10.2 Å². The molecule has 2 aromatic heterocycles. The average Bonchev–Trinajstić information content (AvgIpc) is 2.66. The lowest BCUT2D eigenvalue weighted by Crippen LogP contribution is -2.16. The predicted molar refractivity (Wildman–Crippen MR) is 107 cm³/mol. The van der Waals surface area contributed by atoms with E-state index in [1.165, 1.54) is 0 Å². The van der Waals surface area contributed by atoms with Crippen LogP contribution < -0.4 is 5.32 Å². The van der Waals surface area contributed by atoms with Gasteiger partial charge in [-0.1, -0.05) is 23.7 Å². The van der Waals surface area contributed by atoms with Crippen molar-refractivity contribution in [3.05, 3.63) is 59.9 Å². The first kappa shape index (κ1) is 18.3. The van der Waals surface area contributed by atoms with Crippen LogP contribution in [0.15, 0.2) is 54.9 Å². The predicted octanol–water partition coefficient (Wildman–Crippen LogP) is 4.22. The smallest absolute Gasteiger partial charge is 0.163 e. The summed E-state index contributed by atoms with van der Waals surface area (Å²) < 4.78 is 0. The third kappa shape index (κ3) is 5.00. The third-order valence-corrected chi connectivity index (χ3v) is 4.13. The number of anilines is 1. The first-order valence-electron chi connectivity index (χ1n) is 8.56. The SMILES string of the molecule is CN(C)CCCNc1cc(-c2ccc(Cl)cc2)nc(-c2cccnc2)n1. The highest BCUT2D eigenvalue weighted by molar-refractivity contribution is 6.30. The van der Waals surface area contributed by atoms with E-state index in [-0.39, 0.29) is 0 Å². The van der Waals surface area contributed by atoms with E-state index in [4.69, 9.17) is 16.6 Å². The van der Waals surface area contributed by atoms with E-state index in [2.05, 4.69) is 34.3 Å². The Bertz CT molecular complexity index is 835. The molecule has 0 saturated heterocycles. The number of nitrogens with zero attached hydrogens (tertiary/aromatic N) is 4. The van der Waals surface area contributed by atoms with Gasteiger partial charge in [-0.15, -0.1) is 0 Å². The van der Waals surface area contributed by atoms with Gasteiger partial charge in [-0.25, -0.2) is 9.97 Å². The molecule has 1 aromatic carbocycles. The van der Waals surface area contributed by atoms with Crippen molar-refractivity contribution in [1.29, 1.82) is 0 Å². The Balaban J connectivity index is 1.90. The fraction of sp³-hybridized carbons (Fsp3) is 0.250. The monoisotopic (exact) mass is 367 g/mol. The second-order valence-corrected chi connectivity index (χ2v) is 6.73. The van der Waals surface area contributed by atoms with Gasteiger partial charge in [0.15, 0.2) is 5.82 Å². The number of hydrogen-bond donors (Lipinski definition) is 1. The highest BCUT2D eigenvalue weighted by Gasteiger charge is 2.09. The molecule has 0 aliphatic rings. The minimum Gasteiger partial charge on any atom is -0.370 e. The summed E-state index contributed by atoms with van der Waals surface area (Å²) >= 11 is 6.01. The van der Waals surface area contributed by atoms with Crippen LogP contribution in [0.3, 0.4) is 0 Å². The zero-order chi connectivity index (χ0) is 18.4. The molecular weight excluding hydrogens is 346 g/mol. The maximum absolute atomic E-state index is 6.01. The molecule has 134 valence electrons. The lowest BCUT2D eigenvalue weighted by Gasteiger charge is -2.12. The zero-order valence-corrected chi connectivity index (χ0v) is 15.7. The van der Waals surface area contributed by atoms with E-state index in [1.54, 1.807) is 12.4 Å². The van der Waals surface area contributed by atoms with Crippen LogP contribution in [-0.2, 0) is 0 Å². The Hall–Kier alpha value is -2.50. The Labute approximate surface area is 159 Å². The van der Waals surface area contributed by atoms with E-state index in [1.807, 2.05) is 42.5 Å². The van der Waals surface area contributed by atoms with Crippen molar-refractivity contribution >= 4 is 17.4 Å². The summed E-state index contributed by atoms with van der Waals surface area (Å²) in [5, 5.41) is 4.11. The van der Waals surface area contributed by atoms with Gasteiger partial charge in [0.05, 0.1) is 5.69 Å². The van der Waals surface area contributed by atoms with Gasteiger partial charge >= 0.3 is 0 Å².